The predicted molar refractivity (Wildman–Crippen MR) is 81.5 cm³/mol. The van der Waals surface area contributed by atoms with Crippen LogP contribution in [0, 0.1) is 0 Å². The fourth-order valence-electron chi connectivity index (χ4n) is 1.97. The Balaban J connectivity index is 2.49. The van der Waals surface area contributed by atoms with Crippen molar-refractivity contribution in [2.45, 2.75) is 51.7 Å². The molecule has 3 N–H and O–H groups in total. The average molecular weight is 278 g/mol. The van der Waals surface area contributed by atoms with E-state index in [9.17, 15) is 9.90 Å². The SMILES string of the molecule is CCC(C)NC(=O)C(C)NC(CO)Cc1ccccc1. The number of aliphatic hydroxyl groups excluding tert-OH is 1. The van der Waals surface area contributed by atoms with E-state index >= 15 is 0 Å². The largest absolute Gasteiger partial charge is 0.395 e. The monoisotopic (exact) mass is 278 g/mol. The highest BCUT2D eigenvalue weighted by atomic mass is 16.3. The van der Waals surface area contributed by atoms with Crippen LogP contribution >= 0.6 is 0 Å². The minimum Gasteiger partial charge on any atom is -0.395 e. The summed E-state index contributed by atoms with van der Waals surface area (Å²) in [4.78, 5) is 12.0. The Labute approximate surface area is 121 Å². The van der Waals surface area contributed by atoms with Crippen molar-refractivity contribution < 1.29 is 9.90 Å². The van der Waals surface area contributed by atoms with Crippen molar-refractivity contribution in [1.29, 1.82) is 0 Å². The van der Waals surface area contributed by atoms with Crippen LogP contribution in [0.1, 0.15) is 32.8 Å². The van der Waals surface area contributed by atoms with Gasteiger partial charge in [-0.25, -0.2) is 0 Å². The molecule has 112 valence electrons. The standard InChI is InChI=1S/C16H26N2O2/c1-4-12(2)17-16(20)13(3)18-15(11-19)10-14-8-6-5-7-9-14/h5-9,12-13,15,18-19H,4,10-11H2,1-3H3,(H,17,20). The molecule has 1 aromatic rings. The third kappa shape index (κ3) is 5.72. The van der Waals surface area contributed by atoms with Crippen LogP contribution in [0.15, 0.2) is 30.3 Å². The van der Waals surface area contributed by atoms with Crippen molar-refractivity contribution >= 4 is 5.91 Å². The number of benzene rings is 1. The normalized spacial score (nSPS) is 15.4. The van der Waals surface area contributed by atoms with Gasteiger partial charge >= 0.3 is 0 Å². The summed E-state index contributed by atoms with van der Waals surface area (Å²) in [7, 11) is 0. The summed E-state index contributed by atoms with van der Waals surface area (Å²) in [5, 5.41) is 15.6. The van der Waals surface area contributed by atoms with Crippen molar-refractivity contribution in [3.8, 4) is 0 Å². The Morgan fingerprint density at radius 3 is 2.45 bits per heavy atom. The molecule has 0 fully saturated rings. The first-order valence-corrected chi connectivity index (χ1v) is 7.28. The number of aliphatic hydroxyl groups is 1. The lowest BCUT2D eigenvalue weighted by atomic mass is 10.1. The van der Waals surface area contributed by atoms with Crippen LogP contribution in [-0.4, -0.2) is 35.7 Å². The van der Waals surface area contributed by atoms with Gasteiger partial charge in [-0.1, -0.05) is 37.3 Å². The second-order valence-corrected chi connectivity index (χ2v) is 5.28. The zero-order valence-corrected chi connectivity index (χ0v) is 12.6. The van der Waals surface area contributed by atoms with E-state index in [0.29, 0.717) is 6.42 Å². The molecule has 0 spiro atoms. The van der Waals surface area contributed by atoms with Gasteiger partial charge in [0.05, 0.1) is 12.6 Å². The van der Waals surface area contributed by atoms with Crippen molar-refractivity contribution in [3.05, 3.63) is 35.9 Å². The Hall–Kier alpha value is -1.39. The Kier molecular flexibility index (Phi) is 7.26. The highest BCUT2D eigenvalue weighted by molar-refractivity contribution is 5.81. The van der Waals surface area contributed by atoms with Crippen LogP contribution in [0.4, 0.5) is 0 Å². The van der Waals surface area contributed by atoms with Crippen molar-refractivity contribution in [1.82, 2.24) is 10.6 Å². The fourth-order valence-corrected chi connectivity index (χ4v) is 1.97. The highest BCUT2D eigenvalue weighted by Gasteiger charge is 2.18. The Morgan fingerprint density at radius 2 is 1.90 bits per heavy atom. The summed E-state index contributed by atoms with van der Waals surface area (Å²) in [5.74, 6) is -0.0224. The molecule has 1 amide bonds. The molecule has 0 saturated heterocycles. The quantitative estimate of drug-likeness (QED) is 0.675. The van der Waals surface area contributed by atoms with Crippen molar-refractivity contribution in [3.63, 3.8) is 0 Å². The average Bonchev–Trinajstić information content (AvgIpc) is 2.47. The third-order valence-corrected chi connectivity index (χ3v) is 3.43. The van der Waals surface area contributed by atoms with Gasteiger partial charge in [0, 0.05) is 12.1 Å². The van der Waals surface area contributed by atoms with E-state index in [4.69, 9.17) is 0 Å². The van der Waals surface area contributed by atoms with Gasteiger partial charge in [-0.2, -0.15) is 0 Å². The molecule has 0 aliphatic rings. The van der Waals surface area contributed by atoms with Gasteiger partial charge in [0.15, 0.2) is 0 Å². The van der Waals surface area contributed by atoms with E-state index in [2.05, 4.69) is 10.6 Å². The summed E-state index contributed by atoms with van der Waals surface area (Å²) < 4.78 is 0. The molecule has 3 atom stereocenters. The first kappa shape index (κ1) is 16.7. The van der Waals surface area contributed by atoms with Gasteiger partial charge in [0.1, 0.15) is 0 Å². The predicted octanol–water partition coefficient (Wildman–Crippen LogP) is 1.48. The molecule has 0 bridgehead atoms. The first-order valence-electron chi connectivity index (χ1n) is 7.28. The first-order chi connectivity index (χ1) is 9.56. The molecule has 0 saturated carbocycles. The molecule has 0 aliphatic carbocycles. The van der Waals surface area contributed by atoms with E-state index in [-0.39, 0.29) is 30.6 Å². The maximum Gasteiger partial charge on any atom is 0.237 e. The smallest absolute Gasteiger partial charge is 0.237 e. The molecular weight excluding hydrogens is 252 g/mol. The topological polar surface area (TPSA) is 61.4 Å². The lowest BCUT2D eigenvalue weighted by Crippen LogP contribution is -2.50. The van der Waals surface area contributed by atoms with E-state index in [1.807, 2.05) is 51.1 Å². The van der Waals surface area contributed by atoms with Crippen LogP contribution in [0.25, 0.3) is 0 Å². The Morgan fingerprint density at radius 1 is 1.25 bits per heavy atom. The number of carbonyl (C=O) groups excluding carboxylic acids is 1. The number of amides is 1. The van der Waals surface area contributed by atoms with Crippen LogP contribution in [0.2, 0.25) is 0 Å². The van der Waals surface area contributed by atoms with Crippen LogP contribution in [0.5, 0.6) is 0 Å². The molecular formula is C16H26N2O2. The van der Waals surface area contributed by atoms with E-state index < -0.39 is 0 Å². The number of nitrogens with one attached hydrogen (secondary N) is 2. The molecule has 4 nitrogen and oxygen atoms in total. The van der Waals surface area contributed by atoms with Gasteiger partial charge in [-0.05, 0) is 32.3 Å². The molecule has 0 aromatic heterocycles. The molecule has 1 aromatic carbocycles. The van der Waals surface area contributed by atoms with Gasteiger partial charge in [0.2, 0.25) is 5.91 Å². The summed E-state index contributed by atoms with van der Waals surface area (Å²) in [6.45, 7) is 5.86. The fraction of sp³-hybridized carbons (Fsp3) is 0.562. The summed E-state index contributed by atoms with van der Waals surface area (Å²) in [6.07, 6.45) is 1.62. The summed E-state index contributed by atoms with van der Waals surface area (Å²) in [5.41, 5.74) is 1.15. The lowest BCUT2D eigenvalue weighted by Gasteiger charge is -2.22. The molecule has 0 radical (unpaired) electrons. The van der Waals surface area contributed by atoms with E-state index in [1.54, 1.807) is 0 Å². The zero-order chi connectivity index (χ0) is 15.0. The molecule has 4 heteroatoms. The van der Waals surface area contributed by atoms with Gasteiger partial charge in [-0.15, -0.1) is 0 Å². The number of carbonyl (C=O) groups is 1. The lowest BCUT2D eigenvalue weighted by molar-refractivity contribution is -0.123. The van der Waals surface area contributed by atoms with Gasteiger partial charge < -0.3 is 15.7 Å². The summed E-state index contributed by atoms with van der Waals surface area (Å²) >= 11 is 0. The number of hydrogen-bond acceptors (Lipinski definition) is 3. The number of rotatable bonds is 8. The third-order valence-electron chi connectivity index (χ3n) is 3.43. The molecule has 0 aliphatic heterocycles. The second-order valence-electron chi connectivity index (χ2n) is 5.28. The van der Waals surface area contributed by atoms with Gasteiger partial charge in [-0.3, -0.25) is 4.79 Å². The minimum absolute atomic E-state index is 0.00977. The summed E-state index contributed by atoms with van der Waals surface area (Å²) in [6, 6.07) is 9.70. The Bertz CT molecular complexity index is 395. The van der Waals surface area contributed by atoms with E-state index in [0.717, 1.165) is 12.0 Å². The maximum absolute atomic E-state index is 12.0. The zero-order valence-electron chi connectivity index (χ0n) is 12.6. The van der Waals surface area contributed by atoms with Gasteiger partial charge in [0.25, 0.3) is 0 Å². The van der Waals surface area contributed by atoms with E-state index in [1.165, 1.54) is 0 Å². The second kappa shape index (κ2) is 8.72. The van der Waals surface area contributed by atoms with Crippen molar-refractivity contribution in [2.75, 3.05) is 6.61 Å². The maximum atomic E-state index is 12.0. The minimum atomic E-state index is -0.315. The van der Waals surface area contributed by atoms with Crippen LogP contribution < -0.4 is 10.6 Å². The van der Waals surface area contributed by atoms with Crippen LogP contribution in [-0.2, 0) is 11.2 Å². The highest BCUT2D eigenvalue weighted by Crippen LogP contribution is 2.04. The molecule has 1 rings (SSSR count). The molecule has 20 heavy (non-hydrogen) atoms. The number of hydrogen-bond donors (Lipinski definition) is 3. The van der Waals surface area contributed by atoms with Crippen LogP contribution in [0.3, 0.4) is 0 Å². The molecule has 0 heterocycles. The molecule has 3 unspecified atom stereocenters. The van der Waals surface area contributed by atoms with Crippen molar-refractivity contribution in [2.24, 2.45) is 0 Å².